The van der Waals surface area contributed by atoms with E-state index in [4.69, 9.17) is 12.2 Å². The molecule has 14 heavy (non-hydrogen) atoms. The zero-order valence-electron chi connectivity index (χ0n) is 8.45. The minimum atomic E-state index is 0.603. The Hall–Kier alpha value is -1.17. The number of thiocarbonyl (C=S) groups is 1. The predicted molar refractivity (Wildman–Crippen MR) is 58.7 cm³/mol. The topological polar surface area (TPSA) is 54.8 Å². The van der Waals surface area contributed by atoms with E-state index in [2.05, 4.69) is 27.8 Å². The number of nitrogens with zero attached hydrogens (tertiary/aromatic N) is 3. The first-order valence-electron chi connectivity index (χ1n) is 4.58. The van der Waals surface area contributed by atoms with Gasteiger partial charge in [-0.3, -0.25) is 0 Å². The first kappa shape index (κ1) is 10.9. The first-order valence-corrected chi connectivity index (χ1v) is 4.99. The molecule has 0 aliphatic rings. The second-order valence-corrected chi connectivity index (χ2v) is 3.38. The summed E-state index contributed by atoms with van der Waals surface area (Å²) in [5.74, 6) is 0.866. The molecule has 0 aliphatic heterocycles. The molecule has 0 saturated carbocycles. The van der Waals surface area contributed by atoms with Gasteiger partial charge in [0.15, 0.2) is 10.9 Å². The van der Waals surface area contributed by atoms with Gasteiger partial charge < -0.3 is 15.2 Å². The Kier molecular flexibility index (Phi) is 4.31. The number of aryl methyl sites for hydroxylation is 1. The van der Waals surface area contributed by atoms with Gasteiger partial charge in [-0.2, -0.15) is 0 Å². The quantitative estimate of drug-likeness (QED) is 0.699. The number of aromatic nitrogens is 3. The van der Waals surface area contributed by atoms with E-state index in [-0.39, 0.29) is 0 Å². The summed E-state index contributed by atoms with van der Waals surface area (Å²) < 4.78 is 1.86. The van der Waals surface area contributed by atoms with Crippen molar-refractivity contribution < 1.29 is 0 Å². The predicted octanol–water partition coefficient (Wildman–Crippen LogP) is 0.189. The van der Waals surface area contributed by atoms with E-state index in [9.17, 15) is 0 Å². The standard InChI is InChI=1S/C8H15N5S/c1-3-4-9-8(14)10-5-7-12-11-6-13(7)2/h6H,3-5H2,1-2H3,(H2,9,10,14). The van der Waals surface area contributed by atoms with Crippen molar-refractivity contribution in [2.45, 2.75) is 19.9 Å². The molecule has 0 aromatic carbocycles. The fraction of sp³-hybridized carbons (Fsp3) is 0.625. The summed E-state index contributed by atoms with van der Waals surface area (Å²) in [6.07, 6.45) is 2.73. The second-order valence-electron chi connectivity index (χ2n) is 2.97. The fourth-order valence-electron chi connectivity index (χ4n) is 0.928. The van der Waals surface area contributed by atoms with Crippen LogP contribution in [0.25, 0.3) is 0 Å². The molecular weight excluding hydrogens is 198 g/mol. The van der Waals surface area contributed by atoms with Crippen LogP contribution in [0.3, 0.4) is 0 Å². The van der Waals surface area contributed by atoms with Gasteiger partial charge in [0.2, 0.25) is 0 Å². The molecule has 6 heteroatoms. The van der Waals surface area contributed by atoms with Crippen molar-refractivity contribution in [3.05, 3.63) is 12.2 Å². The fourth-order valence-corrected chi connectivity index (χ4v) is 1.10. The van der Waals surface area contributed by atoms with Crippen molar-refractivity contribution in [3.63, 3.8) is 0 Å². The molecule has 2 N–H and O–H groups in total. The molecule has 0 aliphatic carbocycles. The molecule has 0 bridgehead atoms. The lowest BCUT2D eigenvalue weighted by Gasteiger charge is -2.08. The summed E-state index contributed by atoms with van der Waals surface area (Å²) in [6, 6.07) is 0. The van der Waals surface area contributed by atoms with Crippen LogP contribution in [0, 0.1) is 0 Å². The molecule has 1 rings (SSSR count). The van der Waals surface area contributed by atoms with Crippen LogP contribution in [-0.2, 0) is 13.6 Å². The smallest absolute Gasteiger partial charge is 0.166 e. The van der Waals surface area contributed by atoms with Crippen molar-refractivity contribution in [3.8, 4) is 0 Å². The molecule has 0 fully saturated rings. The normalized spacial score (nSPS) is 9.86. The largest absolute Gasteiger partial charge is 0.363 e. The number of nitrogens with one attached hydrogen (secondary N) is 2. The molecular formula is C8H15N5S. The minimum absolute atomic E-state index is 0.603. The molecule has 1 aromatic rings. The third-order valence-electron chi connectivity index (χ3n) is 1.75. The Labute approximate surface area is 88.9 Å². The van der Waals surface area contributed by atoms with Crippen LogP contribution in [0.1, 0.15) is 19.2 Å². The van der Waals surface area contributed by atoms with Crippen molar-refractivity contribution in [1.82, 2.24) is 25.4 Å². The third kappa shape index (κ3) is 3.29. The zero-order chi connectivity index (χ0) is 10.4. The van der Waals surface area contributed by atoms with Gasteiger partial charge in [0, 0.05) is 13.6 Å². The summed E-state index contributed by atoms with van der Waals surface area (Å²) in [4.78, 5) is 0. The van der Waals surface area contributed by atoms with Crippen LogP contribution in [-0.4, -0.2) is 26.4 Å². The Balaban J connectivity index is 2.27. The maximum Gasteiger partial charge on any atom is 0.166 e. The van der Waals surface area contributed by atoms with Gasteiger partial charge in [0.1, 0.15) is 6.33 Å². The van der Waals surface area contributed by atoms with E-state index in [0.717, 1.165) is 18.8 Å². The van der Waals surface area contributed by atoms with Crippen LogP contribution in [0.4, 0.5) is 0 Å². The van der Waals surface area contributed by atoms with Gasteiger partial charge in [0.25, 0.3) is 0 Å². The molecule has 0 saturated heterocycles. The monoisotopic (exact) mass is 213 g/mol. The number of hydrogen-bond acceptors (Lipinski definition) is 3. The molecule has 5 nitrogen and oxygen atoms in total. The van der Waals surface area contributed by atoms with Crippen LogP contribution < -0.4 is 10.6 Å². The summed E-state index contributed by atoms with van der Waals surface area (Å²) >= 11 is 5.06. The van der Waals surface area contributed by atoms with Crippen LogP contribution in [0.15, 0.2) is 6.33 Å². The third-order valence-corrected chi connectivity index (χ3v) is 2.04. The van der Waals surface area contributed by atoms with Crippen LogP contribution >= 0.6 is 12.2 Å². The SMILES string of the molecule is CCCNC(=S)NCc1nncn1C. The highest BCUT2D eigenvalue weighted by Crippen LogP contribution is 1.89. The lowest BCUT2D eigenvalue weighted by Crippen LogP contribution is -2.35. The zero-order valence-corrected chi connectivity index (χ0v) is 9.27. The van der Waals surface area contributed by atoms with E-state index in [1.807, 2.05) is 11.6 Å². The van der Waals surface area contributed by atoms with Crippen molar-refractivity contribution in [2.24, 2.45) is 7.05 Å². The van der Waals surface area contributed by atoms with Gasteiger partial charge in [-0.1, -0.05) is 6.92 Å². The lowest BCUT2D eigenvalue weighted by molar-refractivity contribution is 0.730. The maximum atomic E-state index is 5.06. The highest BCUT2D eigenvalue weighted by atomic mass is 32.1. The molecule has 1 aromatic heterocycles. The Morgan fingerprint density at radius 3 is 2.93 bits per heavy atom. The summed E-state index contributed by atoms with van der Waals surface area (Å²) in [7, 11) is 1.90. The Morgan fingerprint density at radius 2 is 2.36 bits per heavy atom. The van der Waals surface area contributed by atoms with E-state index < -0.39 is 0 Å². The lowest BCUT2D eigenvalue weighted by atomic mass is 10.5. The molecule has 0 amide bonds. The van der Waals surface area contributed by atoms with Crippen molar-refractivity contribution in [1.29, 1.82) is 0 Å². The molecule has 0 radical (unpaired) electrons. The number of rotatable bonds is 4. The number of hydrogen-bond donors (Lipinski definition) is 2. The van der Waals surface area contributed by atoms with Gasteiger partial charge >= 0.3 is 0 Å². The molecule has 0 unspecified atom stereocenters. The first-order chi connectivity index (χ1) is 6.74. The average molecular weight is 213 g/mol. The highest BCUT2D eigenvalue weighted by molar-refractivity contribution is 7.80. The van der Waals surface area contributed by atoms with E-state index in [1.54, 1.807) is 6.33 Å². The highest BCUT2D eigenvalue weighted by Gasteiger charge is 2.00. The van der Waals surface area contributed by atoms with E-state index in [0.29, 0.717) is 11.7 Å². The second kappa shape index (κ2) is 5.54. The Morgan fingerprint density at radius 1 is 1.57 bits per heavy atom. The van der Waals surface area contributed by atoms with Crippen molar-refractivity contribution in [2.75, 3.05) is 6.54 Å². The molecule has 0 spiro atoms. The summed E-state index contributed by atoms with van der Waals surface area (Å²) in [6.45, 7) is 3.59. The molecule has 1 heterocycles. The van der Waals surface area contributed by atoms with Gasteiger partial charge in [-0.25, -0.2) is 0 Å². The average Bonchev–Trinajstić information content (AvgIpc) is 2.58. The van der Waals surface area contributed by atoms with Crippen molar-refractivity contribution >= 4 is 17.3 Å². The maximum absolute atomic E-state index is 5.06. The van der Waals surface area contributed by atoms with Crippen LogP contribution in [0.2, 0.25) is 0 Å². The van der Waals surface area contributed by atoms with Gasteiger partial charge in [0.05, 0.1) is 6.54 Å². The van der Waals surface area contributed by atoms with E-state index in [1.165, 1.54) is 0 Å². The van der Waals surface area contributed by atoms with Gasteiger partial charge in [-0.05, 0) is 18.6 Å². The van der Waals surface area contributed by atoms with E-state index >= 15 is 0 Å². The summed E-state index contributed by atoms with van der Waals surface area (Å²) in [5.41, 5.74) is 0. The van der Waals surface area contributed by atoms with Gasteiger partial charge in [-0.15, -0.1) is 10.2 Å². The minimum Gasteiger partial charge on any atom is -0.363 e. The molecule has 0 atom stereocenters. The Bertz CT molecular complexity index is 296. The van der Waals surface area contributed by atoms with Crippen LogP contribution in [0.5, 0.6) is 0 Å². The molecule has 78 valence electrons. The summed E-state index contributed by atoms with van der Waals surface area (Å²) in [5, 5.41) is 14.5.